The van der Waals surface area contributed by atoms with Crippen LogP contribution in [0.1, 0.15) is 17.3 Å². The second-order valence-electron chi connectivity index (χ2n) is 4.69. The van der Waals surface area contributed by atoms with Gasteiger partial charge < -0.3 is 5.11 Å². The Bertz CT molecular complexity index is 689. The third-order valence-electron chi connectivity index (χ3n) is 2.99. The van der Waals surface area contributed by atoms with Crippen LogP contribution in [-0.4, -0.2) is 28.1 Å². The lowest BCUT2D eigenvalue weighted by Crippen LogP contribution is -2.47. The number of carbonyl (C=O) groups is 2. The van der Waals surface area contributed by atoms with Gasteiger partial charge in [-0.3, -0.25) is 4.79 Å². The Morgan fingerprint density at radius 2 is 1.61 bits per heavy atom. The van der Waals surface area contributed by atoms with E-state index in [2.05, 4.69) is 15.8 Å². The number of amides is 1. The van der Waals surface area contributed by atoms with Crippen molar-refractivity contribution < 1.29 is 14.7 Å². The van der Waals surface area contributed by atoms with Gasteiger partial charge in [0.1, 0.15) is 0 Å². The summed E-state index contributed by atoms with van der Waals surface area (Å²) in [6.07, 6.45) is 0. The smallest absolute Gasteiger partial charge is 0.330 e. The van der Waals surface area contributed by atoms with E-state index in [1.807, 2.05) is 6.07 Å². The number of nitrogens with zero attached hydrogens (tertiary/aromatic N) is 3. The molecule has 0 aliphatic carbocycles. The summed E-state index contributed by atoms with van der Waals surface area (Å²) < 4.78 is 0. The molecule has 0 aliphatic rings. The zero-order chi connectivity index (χ0) is 16.7. The number of benzene rings is 2. The van der Waals surface area contributed by atoms with Crippen LogP contribution in [0, 0.1) is 0 Å². The summed E-state index contributed by atoms with van der Waals surface area (Å²) in [5.74, 6) is -1.60. The Hall–Kier alpha value is -3.22. The Kier molecular flexibility index (Phi) is 5.40. The lowest BCUT2D eigenvalue weighted by atomic mass is 10.2. The van der Waals surface area contributed by atoms with Crippen molar-refractivity contribution in [1.82, 2.24) is 10.5 Å². The Balaban J connectivity index is 2.16. The summed E-state index contributed by atoms with van der Waals surface area (Å²) in [5.41, 5.74) is 3.38. The third-order valence-corrected chi connectivity index (χ3v) is 2.99. The van der Waals surface area contributed by atoms with Crippen LogP contribution in [0.4, 0.5) is 5.69 Å². The minimum atomic E-state index is -1.13. The van der Waals surface area contributed by atoms with Gasteiger partial charge in [0.25, 0.3) is 5.91 Å². The zero-order valence-electron chi connectivity index (χ0n) is 12.5. The molecule has 0 saturated carbocycles. The van der Waals surface area contributed by atoms with Crippen molar-refractivity contribution in [1.29, 1.82) is 0 Å². The lowest BCUT2D eigenvalue weighted by molar-refractivity contribution is -0.143. The van der Waals surface area contributed by atoms with Crippen molar-refractivity contribution >= 4 is 17.6 Å². The van der Waals surface area contributed by atoms with E-state index in [1.54, 1.807) is 54.6 Å². The van der Waals surface area contributed by atoms with Gasteiger partial charge in [0.15, 0.2) is 6.04 Å². The average Bonchev–Trinajstić information content (AvgIpc) is 2.59. The topological polar surface area (TPSA) is 94.4 Å². The molecule has 0 fully saturated rings. The van der Waals surface area contributed by atoms with E-state index in [0.29, 0.717) is 11.3 Å². The molecule has 0 bridgehead atoms. The quantitative estimate of drug-likeness (QED) is 0.633. The fourth-order valence-electron chi connectivity index (χ4n) is 1.65. The van der Waals surface area contributed by atoms with Crippen LogP contribution >= 0.6 is 0 Å². The number of hydrogen-bond acceptors (Lipinski definition) is 4. The van der Waals surface area contributed by atoms with Crippen LogP contribution in [0.5, 0.6) is 0 Å². The molecule has 7 heteroatoms. The fraction of sp³-hybridized carbons (Fsp3) is 0.125. The SMILES string of the molecule is C[C@@H](C(=O)O)N(N=Nc1ccccc1)NC(=O)c1ccccc1. The first-order valence-electron chi connectivity index (χ1n) is 6.92. The van der Waals surface area contributed by atoms with E-state index < -0.39 is 17.9 Å². The second kappa shape index (κ2) is 7.69. The molecule has 2 rings (SSSR count). The minimum Gasteiger partial charge on any atom is -0.480 e. The largest absolute Gasteiger partial charge is 0.480 e. The lowest BCUT2D eigenvalue weighted by Gasteiger charge is -2.22. The molecule has 0 heterocycles. The first-order valence-corrected chi connectivity index (χ1v) is 6.92. The van der Waals surface area contributed by atoms with Crippen LogP contribution in [-0.2, 0) is 4.79 Å². The van der Waals surface area contributed by atoms with Gasteiger partial charge in [-0.15, -0.1) is 5.11 Å². The predicted octanol–water partition coefficient (Wildman–Crippen LogP) is 2.81. The van der Waals surface area contributed by atoms with Crippen molar-refractivity contribution in [3.8, 4) is 0 Å². The molecular formula is C16H16N4O3. The highest BCUT2D eigenvalue weighted by atomic mass is 16.4. The molecule has 2 N–H and O–H groups in total. The molecule has 0 aliphatic heterocycles. The number of aliphatic carboxylic acids is 1. The summed E-state index contributed by atoms with van der Waals surface area (Å²) >= 11 is 0. The van der Waals surface area contributed by atoms with Crippen LogP contribution < -0.4 is 5.43 Å². The summed E-state index contributed by atoms with van der Waals surface area (Å²) in [6.45, 7) is 1.40. The number of hydrazine groups is 1. The molecule has 0 aromatic heterocycles. The van der Waals surface area contributed by atoms with E-state index in [-0.39, 0.29) is 0 Å². The average molecular weight is 312 g/mol. The van der Waals surface area contributed by atoms with E-state index >= 15 is 0 Å². The molecule has 2 aromatic rings. The number of carboxylic acid groups (broad SMARTS) is 1. The van der Waals surface area contributed by atoms with Gasteiger partial charge in [-0.2, -0.15) is 5.12 Å². The molecular weight excluding hydrogens is 296 g/mol. The molecule has 2 aromatic carbocycles. The summed E-state index contributed by atoms with van der Waals surface area (Å²) in [7, 11) is 0. The maximum Gasteiger partial charge on any atom is 0.330 e. The molecule has 0 spiro atoms. The molecule has 7 nitrogen and oxygen atoms in total. The van der Waals surface area contributed by atoms with Crippen molar-refractivity contribution in [2.45, 2.75) is 13.0 Å². The summed E-state index contributed by atoms with van der Waals surface area (Å²) in [4.78, 5) is 23.3. The summed E-state index contributed by atoms with van der Waals surface area (Å²) in [5, 5.41) is 17.8. The van der Waals surface area contributed by atoms with Gasteiger partial charge >= 0.3 is 5.97 Å². The second-order valence-corrected chi connectivity index (χ2v) is 4.69. The number of nitrogens with one attached hydrogen (secondary N) is 1. The number of hydrogen-bond donors (Lipinski definition) is 2. The third kappa shape index (κ3) is 4.63. The zero-order valence-corrected chi connectivity index (χ0v) is 12.5. The first-order chi connectivity index (χ1) is 11.1. The number of carbonyl (C=O) groups excluding carboxylic acids is 1. The van der Waals surface area contributed by atoms with Crippen LogP contribution in [0.15, 0.2) is 71.0 Å². The van der Waals surface area contributed by atoms with Gasteiger partial charge in [0.2, 0.25) is 0 Å². The van der Waals surface area contributed by atoms with Gasteiger partial charge in [-0.05, 0) is 36.4 Å². The van der Waals surface area contributed by atoms with Crippen LogP contribution in [0.2, 0.25) is 0 Å². The molecule has 1 amide bonds. The van der Waals surface area contributed by atoms with E-state index in [1.165, 1.54) is 6.92 Å². The van der Waals surface area contributed by atoms with Gasteiger partial charge in [0.05, 0.1) is 5.69 Å². The number of rotatable bonds is 6. The van der Waals surface area contributed by atoms with Crippen molar-refractivity contribution in [3.63, 3.8) is 0 Å². The normalized spacial score (nSPS) is 11.9. The molecule has 23 heavy (non-hydrogen) atoms. The highest BCUT2D eigenvalue weighted by molar-refractivity contribution is 5.93. The predicted molar refractivity (Wildman–Crippen MR) is 83.8 cm³/mol. The maximum absolute atomic E-state index is 12.1. The monoisotopic (exact) mass is 312 g/mol. The molecule has 1 atom stereocenters. The van der Waals surface area contributed by atoms with Gasteiger partial charge in [0, 0.05) is 5.56 Å². The molecule has 0 saturated heterocycles. The van der Waals surface area contributed by atoms with Crippen LogP contribution in [0.3, 0.4) is 0 Å². The maximum atomic E-state index is 12.1. The first kappa shape index (κ1) is 16.2. The molecule has 118 valence electrons. The Labute approximate surface area is 133 Å². The van der Waals surface area contributed by atoms with Crippen LogP contribution in [0.25, 0.3) is 0 Å². The van der Waals surface area contributed by atoms with Gasteiger partial charge in [-0.1, -0.05) is 36.4 Å². The molecule has 0 radical (unpaired) electrons. The number of carboxylic acids is 1. The fourth-order valence-corrected chi connectivity index (χ4v) is 1.65. The van der Waals surface area contributed by atoms with Crippen molar-refractivity contribution in [3.05, 3.63) is 66.2 Å². The van der Waals surface area contributed by atoms with Crippen molar-refractivity contribution in [2.24, 2.45) is 10.3 Å². The standard InChI is InChI=1S/C16H16N4O3/c1-12(16(22)23)20(19-17-14-10-6-3-7-11-14)18-15(21)13-8-4-2-5-9-13/h2-12H,1H3,(H,18,21)(H,22,23)/t12-/m0/s1. The summed E-state index contributed by atoms with van der Waals surface area (Å²) in [6, 6.07) is 16.2. The van der Waals surface area contributed by atoms with Crippen molar-refractivity contribution in [2.75, 3.05) is 0 Å². The minimum absolute atomic E-state index is 0.394. The Morgan fingerprint density at radius 3 is 2.17 bits per heavy atom. The highest BCUT2D eigenvalue weighted by Crippen LogP contribution is 2.12. The van der Waals surface area contributed by atoms with Gasteiger partial charge in [-0.25, -0.2) is 10.2 Å². The highest BCUT2D eigenvalue weighted by Gasteiger charge is 2.22. The van der Waals surface area contributed by atoms with E-state index in [9.17, 15) is 9.59 Å². The van der Waals surface area contributed by atoms with E-state index in [4.69, 9.17) is 5.11 Å². The molecule has 0 unspecified atom stereocenters. The van der Waals surface area contributed by atoms with E-state index in [0.717, 1.165) is 5.12 Å². The Morgan fingerprint density at radius 1 is 1.04 bits per heavy atom.